The van der Waals surface area contributed by atoms with E-state index in [0.717, 1.165) is 105 Å². The van der Waals surface area contributed by atoms with E-state index in [9.17, 15) is 0 Å². The van der Waals surface area contributed by atoms with Crippen LogP contribution in [0.25, 0.3) is 0 Å². The average molecular weight is 415 g/mol. The molecule has 1 rings (SSSR count). The Hall–Kier alpha value is -0.320. The smallest absolute Gasteiger partial charge is 0.00772 e. The van der Waals surface area contributed by atoms with Crippen LogP contribution in [0.2, 0.25) is 0 Å². The molecule has 1 aliphatic rings. The van der Waals surface area contributed by atoms with Gasteiger partial charge in [0.15, 0.2) is 0 Å². The van der Waals surface area contributed by atoms with Gasteiger partial charge in [0.2, 0.25) is 0 Å². The van der Waals surface area contributed by atoms with Gasteiger partial charge in [0.05, 0.1) is 0 Å². The summed E-state index contributed by atoms with van der Waals surface area (Å²) in [6.07, 6.45) is 6.66. The summed E-state index contributed by atoms with van der Waals surface area (Å²) in [5.74, 6) is 0. The molecule has 8 N–H and O–H groups in total. The maximum absolute atomic E-state index is 3.54. The van der Waals surface area contributed by atoms with Gasteiger partial charge in [-0.05, 0) is 25.9 Å². The average Bonchev–Trinajstić information content (AvgIpc) is 2.73. The van der Waals surface area contributed by atoms with E-state index in [4.69, 9.17) is 0 Å². The third kappa shape index (κ3) is 22.2. The van der Waals surface area contributed by atoms with Gasteiger partial charge >= 0.3 is 0 Å². The first kappa shape index (κ1) is 26.7. The standard InChI is InChI=1S/C21H50N8/c1-2-4-6-22-8-10-24-12-14-26-16-18-28-20-21-29-19-17-27-15-13-25-11-9-23-7-5-3-1/h22-29H,1-21H2. The van der Waals surface area contributed by atoms with Crippen LogP contribution in [0, 0.1) is 0 Å². The Morgan fingerprint density at radius 1 is 0.172 bits per heavy atom. The first-order chi connectivity index (χ1) is 14.5. The highest BCUT2D eigenvalue weighted by atomic mass is 15.0. The van der Waals surface area contributed by atoms with Crippen LogP contribution in [0.5, 0.6) is 0 Å². The molecule has 0 spiro atoms. The maximum Gasteiger partial charge on any atom is 0.00772 e. The molecule has 1 heterocycles. The van der Waals surface area contributed by atoms with Gasteiger partial charge in [-0.1, -0.05) is 19.3 Å². The van der Waals surface area contributed by atoms with Crippen LogP contribution in [0.1, 0.15) is 32.1 Å². The summed E-state index contributed by atoms with van der Waals surface area (Å²) in [5.41, 5.74) is 0. The highest BCUT2D eigenvalue weighted by Gasteiger charge is 1.94. The molecular weight excluding hydrogens is 364 g/mol. The van der Waals surface area contributed by atoms with Gasteiger partial charge in [-0.25, -0.2) is 0 Å². The summed E-state index contributed by atoms with van der Waals surface area (Å²) in [6, 6.07) is 0. The minimum absolute atomic E-state index is 1.03. The van der Waals surface area contributed by atoms with E-state index in [-0.39, 0.29) is 0 Å². The fourth-order valence-corrected chi connectivity index (χ4v) is 3.27. The molecule has 0 aliphatic carbocycles. The van der Waals surface area contributed by atoms with E-state index in [0.29, 0.717) is 0 Å². The number of hydrogen-bond acceptors (Lipinski definition) is 8. The molecule has 0 bridgehead atoms. The zero-order valence-corrected chi connectivity index (χ0v) is 18.8. The maximum atomic E-state index is 3.54. The van der Waals surface area contributed by atoms with Crippen LogP contribution in [-0.4, -0.2) is 105 Å². The van der Waals surface area contributed by atoms with Crippen molar-refractivity contribution >= 4 is 0 Å². The third-order valence-corrected chi connectivity index (χ3v) is 5.06. The molecular formula is C21H50N8. The molecule has 1 aliphatic heterocycles. The van der Waals surface area contributed by atoms with Crippen molar-refractivity contribution in [3.05, 3.63) is 0 Å². The normalized spacial score (nSPS) is 24.0. The summed E-state index contributed by atoms with van der Waals surface area (Å²) >= 11 is 0. The second kappa shape index (κ2) is 24.0. The van der Waals surface area contributed by atoms with Gasteiger partial charge < -0.3 is 42.5 Å². The van der Waals surface area contributed by atoms with E-state index >= 15 is 0 Å². The molecule has 0 aromatic carbocycles. The van der Waals surface area contributed by atoms with Gasteiger partial charge in [0, 0.05) is 91.6 Å². The van der Waals surface area contributed by atoms with Crippen LogP contribution >= 0.6 is 0 Å². The first-order valence-corrected chi connectivity index (χ1v) is 12.2. The van der Waals surface area contributed by atoms with Gasteiger partial charge in [-0.3, -0.25) is 0 Å². The minimum Gasteiger partial charge on any atom is -0.315 e. The molecule has 0 unspecified atom stereocenters. The van der Waals surface area contributed by atoms with Crippen LogP contribution in [-0.2, 0) is 0 Å². The predicted molar refractivity (Wildman–Crippen MR) is 126 cm³/mol. The lowest BCUT2D eigenvalue weighted by atomic mass is 10.1. The Morgan fingerprint density at radius 3 is 0.586 bits per heavy atom. The monoisotopic (exact) mass is 414 g/mol. The molecule has 8 heteroatoms. The Labute approximate surface area is 179 Å². The Bertz CT molecular complexity index is 166. The van der Waals surface area contributed by atoms with Crippen LogP contribution < -0.4 is 42.5 Å². The van der Waals surface area contributed by atoms with Gasteiger partial charge in [-0.15, -0.1) is 0 Å². The number of hydrogen-bond donors (Lipinski definition) is 8. The van der Waals surface area contributed by atoms with Gasteiger partial charge in [-0.2, -0.15) is 0 Å². The minimum atomic E-state index is 1.03. The van der Waals surface area contributed by atoms with Crippen molar-refractivity contribution in [3.63, 3.8) is 0 Å². The van der Waals surface area contributed by atoms with E-state index < -0.39 is 0 Å². The van der Waals surface area contributed by atoms with Crippen molar-refractivity contribution in [2.75, 3.05) is 105 Å². The molecule has 0 radical (unpaired) electrons. The van der Waals surface area contributed by atoms with E-state index in [1.807, 2.05) is 0 Å². The Balaban J connectivity index is 2.00. The quantitative estimate of drug-likeness (QED) is 0.247. The van der Waals surface area contributed by atoms with Crippen molar-refractivity contribution in [1.82, 2.24) is 42.5 Å². The van der Waals surface area contributed by atoms with E-state index in [1.54, 1.807) is 0 Å². The van der Waals surface area contributed by atoms with Crippen molar-refractivity contribution in [3.8, 4) is 0 Å². The van der Waals surface area contributed by atoms with Crippen molar-refractivity contribution in [1.29, 1.82) is 0 Å². The Morgan fingerprint density at radius 2 is 0.345 bits per heavy atom. The lowest BCUT2D eigenvalue weighted by Crippen LogP contribution is -2.38. The molecule has 29 heavy (non-hydrogen) atoms. The largest absolute Gasteiger partial charge is 0.315 e. The lowest BCUT2D eigenvalue weighted by molar-refractivity contribution is 0.536. The molecule has 174 valence electrons. The van der Waals surface area contributed by atoms with Gasteiger partial charge in [0.25, 0.3) is 0 Å². The molecule has 0 atom stereocenters. The second-order valence-electron chi connectivity index (χ2n) is 7.77. The second-order valence-corrected chi connectivity index (χ2v) is 7.77. The summed E-state index contributed by atoms with van der Waals surface area (Å²) in [7, 11) is 0. The zero-order valence-electron chi connectivity index (χ0n) is 18.8. The summed E-state index contributed by atoms with van der Waals surface area (Å²) in [5, 5.41) is 27.9. The Kier molecular flexibility index (Phi) is 22.1. The summed E-state index contributed by atoms with van der Waals surface area (Å²) in [4.78, 5) is 0. The lowest BCUT2D eigenvalue weighted by Gasteiger charge is -2.09. The van der Waals surface area contributed by atoms with Crippen LogP contribution in [0.15, 0.2) is 0 Å². The fourth-order valence-electron chi connectivity index (χ4n) is 3.27. The number of rotatable bonds is 0. The zero-order chi connectivity index (χ0) is 20.5. The molecule has 0 amide bonds. The van der Waals surface area contributed by atoms with Crippen molar-refractivity contribution in [2.24, 2.45) is 0 Å². The highest BCUT2D eigenvalue weighted by Crippen LogP contribution is 2.01. The molecule has 1 fully saturated rings. The highest BCUT2D eigenvalue weighted by molar-refractivity contribution is 4.60. The fraction of sp³-hybridized carbons (Fsp3) is 1.00. The van der Waals surface area contributed by atoms with E-state index in [1.165, 1.54) is 32.1 Å². The van der Waals surface area contributed by atoms with Crippen molar-refractivity contribution < 1.29 is 0 Å². The topological polar surface area (TPSA) is 96.2 Å². The van der Waals surface area contributed by atoms with Crippen LogP contribution in [0.3, 0.4) is 0 Å². The van der Waals surface area contributed by atoms with E-state index in [2.05, 4.69) is 42.5 Å². The first-order valence-electron chi connectivity index (χ1n) is 12.2. The molecule has 1 saturated heterocycles. The molecule has 8 nitrogen and oxygen atoms in total. The van der Waals surface area contributed by atoms with Crippen molar-refractivity contribution in [2.45, 2.75) is 32.1 Å². The summed E-state index contributed by atoms with van der Waals surface area (Å²) < 4.78 is 0. The third-order valence-electron chi connectivity index (χ3n) is 5.06. The molecule has 0 aromatic heterocycles. The molecule has 0 saturated carbocycles. The number of nitrogens with one attached hydrogen (secondary N) is 8. The molecule has 0 aromatic rings. The van der Waals surface area contributed by atoms with Crippen LogP contribution in [0.4, 0.5) is 0 Å². The summed E-state index contributed by atoms with van der Waals surface area (Å²) in [6.45, 7) is 16.9. The van der Waals surface area contributed by atoms with Gasteiger partial charge in [0.1, 0.15) is 0 Å². The SMILES string of the molecule is C1CCCNCCNCCNCCNCCNCCNCCNCCNCCC1. The predicted octanol–water partition coefficient (Wildman–Crippen LogP) is -1.33.